The number of aromatic nitrogens is 5. The van der Waals surface area contributed by atoms with Gasteiger partial charge in [-0.15, -0.1) is 0 Å². The molecule has 2 N–H and O–H groups in total. The molecular weight excluding hydrogens is 272 g/mol. The van der Waals surface area contributed by atoms with Crippen molar-refractivity contribution in [2.75, 3.05) is 5.43 Å². The van der Waals surface area contributed by atoms with Crippen molar-refractivity contribution in [3.8, 4) is 11.4 Å². The van der Waals surface area contributed by atoms with Crippen LogP contribution in [-0.4, -0.2) is 24.8 Å². The highest BCUT2D eigenvalue weighted by Crippen LogP contribution is 2.14. The number of aromatic amines is 1. The number of hydrogen-bond donors (Lipinski definition) is 2. The van der Waals surface area contributed by atoms with Crippen LogP contribution >= 0.6 is 12.2 Å². The van der Waals surface area contributed by atoms with Crippen LogP contribution in [0.25, 0.3) is 11.4 Å². The molecule has 3 aromatic rings. The SMILES string of the molecule is S=c1[nH]nc(-c2ccncc2)n1NCc1ccccn1. The minimum absolute atomic E-state index is 0.507. The van der Waals surface area contributed by atoms with Crippen molar-refractivity contribution < 1.29 is 0 Å². The summed E-state index contributed by atoms with van der Waals surface area (Å²) in [5, 5.41) is 7.02. The van der Waals surface area contributed by atoms with Gasteiger partial charge in [0, 0.05) is 24.2 Å². The molecular formula is C13H12N6S. The Labute approximate surface area is 120 Å². The Hall–Kier alpha value is -2.54. The Kier molecular flexibility index (Phi) is 3.51. The summed E-state index contributed by atoms with van der Waals surface area (Å²) in [5.41, 5.74) is 5.07. The van der Waals surface area contributed by atoms with Crippen LogP contribution in [0.4, 0.5) is 0 Å². The smallest absolute Gasteiger partial charge is 0.214 e. The molecule has 0 unspecified atom stereocenters. The molecule has 3 aromatic heterocycles. The predicted molar refractivity (Wildman–Crippen MR) is 77.9 cm³/mol. The van der Waals surface area contributed by atoms with Gasteiger partial charge in [-0.25, -0.2) is 9.77 Å². The van der Waals surface area contributed by atoms with E-state index in [0.29, 0.717) is 17.1 Å². The molecule has 0 bridgehead atoms. The largest absolute Gasteiger partial charge is 0.316 e. The molecule has 0 saturated carbocycles. The van der Waals surface area contributed by atoms with Crippen LogP contribution in [0, 0.1) is 4.77 Å². The highest BCUT2D eigenvalue weighted by molar-refractivity contribution is 7.71. The number of hydrogen-bond acceptors (Lipinski definition) is 5. The molecule has 100 valence electrons. The highest BCUT2D eigenvalue weighted by atomic mass is 32.1. The van der Waals surface area contributed by atoms with Crippen molar-refractivity contribution in [2.24, 2.45) is 0 Å². The number of H-pyrrole nitrogens is 1. The molecule has 6 nitrogen and oxygen atoms in total. The van der Waals surface area contributed by atoms with Crippen molar-refractivity contribution in [2.45, 2.75) is 6.54 Å². The predicted octanol–water partition coefficient (Wildman–Crippen LogP) is 2.14. The Morgan fingerprint density at radius 3 is 2.75 bits per heavy atom. The zero-order valence-corrected chi connectivity index (χ0v) is 11.3. The zero-order chi connectivity index (χ0) is 13.8. The fraction of sp³-hybridized carbons (Fsp3) is 0.0769. The second-order valence-corrected chi connectivity index (χ2v) is 4.47. The van der Waals surface area contributed by atoms with E-state index in [1.165, 1.54) is 0 Å². The molecule has 0 aliphatic carbocycles. The molecule has 3 heterocycles. The fourth-order valence-corrected chi connectivity index (χ4v) is 2.00. The van der Waals surface area contributed by atoms with Gasteiger partial charge < -0.3 is 5.43 Å². The van der Waals surface area contributed by atoms with E-state index in [4.69, 9.17) is 12.2 Å². The molecule has 0 aliphatic rings. The molecule has 7 heteroatoms. The number of nitrogens with one attached hydrogen (secondary N) is 2. The van der Waals surface area contributed by atoms with Crippen LogP contribution in [0.1, 0.15) is 5.69 Å². The Morgan fingerprint density at radius 1 is 1.15 bits per heavy atom. The van der Waals surface area contributed by atoms with Crippen LogP contribution in [0.3, 0.4) is 0 Å². The standard InChI is InChI=1S/C13H12N6S/c20-13-18-17-12(10-4-7-14-8-5-10)19(13)16-9-11-3-1-2-6-15-11/h1-8,16H,9H2,(H,18,20). The molecule has 0 radical (unpaired) electrons. The van der Waals surface area contributed by atoms with E-state index in [9.17, 15) is 0 Å². The third kappa shape index (κ3) is 2.57. The van der Waals surface area contributed by atoms with Gasteiger partial charge in [0.1, 0.15) is 0 Å². The van der Waals surface area contributed by atoms with E-state index < -0.39 is 0 Å². The van der Waals surface area contributed by atoms with Gasteiger partial charge in [-0.2, -0.15) is 5.10 Å². The Morgan fingerprint density at radius 2 is 2.00 bits per heavy atom. The van der Waals surface area contributed by atoms with Gasteiger partial charge in [0.2, 0.25) is 4.77 Å². The first-order valence-electron chi connectivity index (χ1n) is 6.06. The van der Waals surface area contributed by atoms with Gasteiger partial charge >= 0.3 is 0 Å². The van der Waals surface area contributed by atoms with Gasteiger partial charge in [-0.1, -0.05) is 6.07 Å². The van der Waals surface area contributed by atoms with Crippen LogP contribution < -0.4 is 5.43 Å². The summed E-state index contributed by atoms with van der Waals surface area (Å²) in [4.78, 5) is 8.26. The minimum atomic E-state index is 0.507. The van der Waals surface area contributed by atoms with Crippen molar-refractivity contribution in [1.82, 2.24) is 24.8 Å². The number of nitrogens with zero attached hydrogens (tertiary/aromatic N) is 4. The van der Waals surface area contributed by atoms with E-state index in [1.54, 1.807) is 23.3 Å². The summed E-state index contributed by atoms with van der Waals surface area (Å²) >= 11 is 5.23. The monoisotopic (exact) mass is 284 g/mol. The lowest BCUT2D eigenvalue weighted by Gasteiger charge is -2.09. The van der Waals surface area contributed by atoms with Gasteiger partial charge in [0.05, 0.1) is 12.2 Å². The Balaban J connectivity index is 1.87. The average Bonchev–Trinajstić information content (AvgIpc) is 2.88. The maximum Gasteiger partial charge on any atom is 0.214 e. The molecule has 0 spiro atoms. The van der Waals surface area contributed by atoms with Crippen molar-refractivity contribution >= 4 is 12.2 Å². The second-order valence-electron chi connectivity index (χ2n) is 4.08. The maximum absolute atomic E-state index is 5.23. The highest BCUT2D eigenvalue weighted by Gasteiger charge is 2.08. The van der Waals surface area contributed by atoms with Gasteiger partial charge in [0.15, 0.2) is 5.82 Å². The van der Waals surface area contributed by atoms with E-state index >= 15 is 0 Å². The summed E-state index contributed by atoms with van der Waals surface area (Å²) in [6, 6.07) is 9.54. The molecule has 3 rings (SSSR count). The van der Waals surface area contributed by atoms with Crippen LogP contribution in [0.2, 0.25) is 0 Å². The normalized spacial score (nSPS) is 10.4. The van der Waals surface area contributed by atoms with Gasteiger partial charge in [0.25, 0.3) is 0 Å². The van der Waals surface area contributed by atoms with Crippen molar-refractivity contribution in [3.05, 3.63) is 59.4 Å². The van der Waals surface area contributed by atoms with Gasteiger partial charge in [-0.05, 0) is 36.5 Å². The van der Waals surface area contributed by atoms with Crippen molar-refractivity contribution in [3.63, 3.8) is 0 Å². The lowest BCUT2D eigenvalue weighted by atomic mass is 10.2. The minimum Gasteiger partial charge on any atom is -0.316 e. The molecule has 20 heavy (non-hydrogen) atoms. The topological polar surface area (TPSA) is 71.4 Å². The van der Waals surface area contributed by atoms with E-state index in [2.05, 4.69) is 25.6 Å². The third-order valence-corrected chi connectivity index (χ3v) is 3.03. The number of rotatable bonds is 4. The number of pyridine rings is 2. The summed E-state index contributed by atoms with van der Waals surface area (Å²) in [6.07, 6.45) is 5.20. The van der Waals surface area contributed by atoms with Gasteiger partial charge in [-0.3, -0.25) is 9.97 Å². The van der Waals surface area contributed by atoms with E-state index in [1.807, 2.05) is 30.3 Å². The third-order valence-electron chi connectivity index (χ3n) is 2.76. The van der Waals surface area contributed by atoms with Crippen LogP contribution in [0.15, 0.2) is 48.9 Å². The first-order valence-corrected chi connectivity index (χ1v) is 6.47. The van der Waals surface area contributed by atoms with Crippen LogP contribution in [0.5, 0.6) is 0 Å². The zero-order valence-electron chi connectivity index (χ0n) is 10.5. The van der Waals surface area contributed by atoms with Crippen LogP contribution in [-0.2, 0) is 6.54 Å². The quantitative estimate of drug-likeness (QED) is 0.718. The van der Waals surface area contributed by atoms with E-state index in [-0.39, 0.29) is 0 Å². The molecule has 0 atom stereocenters. The first-order chi connectivity index (χ1) is 9.84. The molecule has 0 fully saturated rings. The summed E-state index contributed by atoms with van der Waals surface area (Å²) < 4.78 is 2.24. The lowest BCUT2D eigenvalue weighted by Crippen LogP contribution is -2.16. The maximum atomic E-state index is 5.23. The van der Waals surface area contributed by atoms with Crippen molar-refractivity contribution in [1.29, 1.82) is 0 Å². The molecule has 0 saturated heterocycles. The summed E-state index contributed by atoms with van der Waals surface area (Å²) in [6.45, 7) is 0.562. The Bertz CT molecular complexity index is 734. The molecule has 0 aromatic carbocycles. The second kappa shape index (κ2) is 5.62. The summed E-state index contributed by atoms with van der Waals surface area (Å²) in [7, 11) is 0. The average molecular weight is 284 g/mol. The van der Waals surface area contributed by atoms with E-state index in [0.717, 1.165) is 11.3 Å². The molecule has 0 amide bonds. The summed E-state index contributed by atoms with van der Waals surface area (Å²) in [5.74, 6) is 0.716. The fourth-order valence-electron chi connectivity index (χ4n) is 1.80. The lowest BCUT2D eigenvalue weighted by molar-refractivity contribution is 0.816. The molecule has 0 aliphatic heterocycles. The first kappa shape index (κ1) is 12.5.